The van der Waals surface area contributed by atoms with Crippen molar-refractivity contribution < 1.29 is 32.5 Å². The highest BCUT2D eigenvalue weighted by Gasteiger charge is 2.31. The van der Waals surface area contributed by atoms with Gasteiger partial charge in [0.15, 0.2) is 11.5 Å². The molecule has 0 aliphatic rings. The van der Waals surface area contributed by atoms with Gasteiger partial charge in [-0.1, -0.05) is 29.8 Å². The predicted molar refractivity (Wildman–Crippen MR) is 124 cm³/mol. The summed E-state index contributed by atoms with van der Waals surface area (Å²) in [5.41, 5.74) is -0.00393. The summed E-state index contributed by atoms with van der Waals surface area (Å²) in [5.74, 6) is -0.411. The average Bonchev–Trinajstić information content (AvgIpc) is 3.16. The van der Waals surface area contributed by atoms with Crippen LogP contribution in [-0.2, 0) is 17.5 Å². The number of aliphatic hydroxyl groups excluding tert-OH is 1. The van der Waals surface area contributed by atoms with Gasteiger partial charge in [-0.2, -0.15) is 18.2 Å². The van der Waals surface area contributed by atoms with Gasteiger partial charge in [-0.25, -0.2) is 0 Å². The maximum Gasteiger partial charge on any atom is 0.416 e. The minimum absolute atomic E-state index is 0.0784. The van der Waals surface area contributed by atoms with Gasteiger partial charge in [-0.05, 0) is 35.9 Å². The number of hydrogen-bond donors (Lipinski definition) is 3. The second kappa shape index (κ2) is 11.9. The summed E-state index contributed by atoms with van der Waals surface area (Å²) >= 11 is 5.97. The molecular weight excluding hydrogens is 489 g/mol. The van der Waals surface area contributed by atoms with Gasteiger partial charge < -0.3 is 25.2 Å². The Kier molecular flexibility index (Phi) is 8.96. The number of hydrogen-bond acceptors (Lipinski definition) is 6. The molecule has 0 spiro atoms. The number of ether oxygens (including phenoxy) is 2. The van der Waals surface area contributed by atoms with Crippen LogP contribution in [0.4, 0.5) is 19.0 Å². The van der Waals surface area contributed by atoms with E-state index in [0.717, 1.165) is 17.7 Å². The Hall–Kier alpha value is -3.28. The lowest BCUT2D eigenvalue weighted by Crippen LogP contribution is -2.30. The third-order valence-corrected chi connectivity index (χ3v) is 5.03. The van der Waals surface area contributed by atoms with Crippen molar-refractivity contribution in [2.24, 2.45) is 0 Å². The van der Waals surface area contributed by atoms with E-state index in [4.69, 9.17) is 26.2 Å². The third kappa shape index (κ3) is 7.10. The van der Waals surface area contributed by atoms with Crippen LogP contribution >= 0.6 is 11.6 Å². The van der Waals surface area contributed by atoms with Crippen LogP contribution in [0.1, 0.15) is 21.6 Å². The Morgan fingerprint density at radius 3 is 2.57 bits per heavy atom. The highest BCUT2D eigenvalue weighted by atomic mass is 35.5. The second-order valence-electron chi connectivity index (χ2n) is 7.27. The molecule has 0 aliphatic heterocycles. The molecule has 35 heavy (non-hydrogen) atoms. The first-order valence-corrected chi connectivity index (χ1v) is 11.0. The zero-order valence-electron chi connectivity index (χ0n) is 18.7. The zero-order valence-corrected chi connectivity index (χ0v) is 19.5. The monoisotopic (exact) mass is 512 g/mol. The van der Waals surface area contributed by atoms with Crippen molar-refractivity contribution in [3.8, 4) is 11.8 Å². The molecule has 0 fully saturated rings. The number of imidazole rings is 1. The standard InChI is InChI=1S/C23H24ClF3N4O4/c1-28-20-19(21(33)29-9-11-34-12-10-32)31(14-15-5-7-17(24)8-6-15)22(30-20)35-18-4-2-3-16(13-18)23(25,26)27/h2-8,13,28,32H,9-12,14H2,1H3,(H,29,33). The van der Waals surface area contributed by atoms with Crippen LogP contribution in [0.2, 0.25) is 5.02 Å². The highest BCUT2D eigenvalue weighted by Crippen LogP contribution is 2.34. The van der Waals surface area contributed by atoms with Crippen LogP contribution in [0.5, 0.6) is 11.8 Å². The van der Waals surface area contributed by atoms with Crippen molar-refractivity contribution in [3.63, 3.8) is 0 Å². The number of nitrogens with one attached hydrogen (secondary N) is 2. The van der Waals surface area contributed by atoms with Gasteiger partial charge in [0.25, 0.3) is 5.91 Å². The zero-order chi connectivity index (χ0) is 25.4. The normalized spacial score (nSPS) is 11.4. The van der Waals surface area contributed by atoms with Crippen molar-refractivity contribution in [2.75, 3.05) is 38.7 Å². The molecule has 1 amide bonds. The van der Waals surface area contributed by atoms with Crippen molar-refractivity contribution in [2.45, 2.75) is 12.7 Å². The molecule has 2 aromatic carbocycles. The number of alkyl halides is 3. The molecule has 0 aliphatic carbocycles. The number of aromatic nitrogens is 2. The number of carbonyl (C=O) groups excluding carboxylic acids is 1. The van der Waals surface area contributed by atoms with Crippen molar-refractivity contribution >= 4 is 23.3 Å². The van der Waals surface area contributed by atoms with E-state index in [1.807, 2.05) is 0 Å². The quantitative estimate of drug-likeness (QED) is 0.334. The summed E-state index contributed by atoms with van der Waals surface area (Å²) in [7, 11) is 1.56. The summed E-state index contributed by atoms with van der Waals surface area (Å²) in [6.07, 6.45) is -4.54. The molecule has 0 bridgehead atoms. The van der Waals surface area contributed by atoms with Crippen LogP contribution in [0, 0.1) is 0 Å². The van der Waals surface area contributed by atoms with E-state index in [1.54, 1.807) is 31.3 Å². The molecule has 0 saturated carbocycles. The molecular formula is C23H24ClF3N4O4. The fraction of sp³-hybridized carbons (Fsp3) is 0.304. The third-order valence-electron chi connectivity index (χ3n) is 4.78. The van der Waals surface area contributed by atoms with Gasteiger partial charge in [0, 0.05) is 18.6 Å². The van der Waals surface area contributed by atoms with E-state index in [1.165, 1.54) is 16.7 Å². The summed E-state index contributed by atoms with van der Waals surface area (Å²) < 4.78 is 51.8. The van der Waals surface area contributed by atoms with Gasteiger partial charge >= 0.3 is 12.2 Å². The largest absolute Gasteiger partial charge is 0.425 e. The molecule has 1 heterocycles. The van der Waals surface area contributed by atoms with E-state index in [0.29, 0.717) is 5.02 Å². The Bertz CT molecular complexity index is 1140. The van der Waals surface area contributed by atoms with E-state index in [-0.39, 0.29) is 56.2 Å². The maximum absolute atomic E-state index is 13.2. The molecule has 0 unspecified atom stereocenters. The average molecular weight is 513 g/mol. The summed E-state index contributed by atoms with van der Waals surface area (Å²) in [6, 6.07) is 11.2. The fourth-order valence-corrected chi connectivity index (χ4v) is 3.29. The molecule has 3 rings (SSSR count). The lowest BCUT2D eigenvalue weighted by molar-refractivity contribution is -0.137. The van der Waals surface area contributed by atoms with Crippen LogP contribution in [-0.4, -0.2) is 54.0 Å². The maximum atomic E-state index is 13.2. The smallest absolute Gasteiger partial charge is 0.416 e. The topological polar surface area (TPSA) is 97.6 Å². The molecule has 188 valence electrons. The first-order chi connectivity index (χ1) is 16.7. The van der Waals surface area contributed by atoms with Crippen LogP contribution in [0.15, 0.2) is 48.5 Å². The minimum Gasteiger partial charge on any atom is -0.425 e. The molecule has 0 radical (unpaired) electrons. The number of benzene rings is 2. The molecule has 12 heteroatoms. The van der Waals surface area contributed by atoms with E-state index >= 15 is 0 Å². The van der Waals surface area contributed by atoms with Crippen LogP contribution in [0.3, 0.4) is 0 Å². The Labute approximate surface area is 204 Å². The Morgan fingerprint density at radius 1 is 1.17 bits per heavy atom. The van der Waals surface area contributed by atoms with Crippen LogP contribution in [0.25, 0.3) is 0 Å². The van der Waals surface area contributed by atoms with Gasteiger partial charge in [0.05, 0.1) is 31.9 Å². The van der Waals surface area contributed by atoms with Gasteiger partial charge in [0.2, 0.25) is 0 Å². The van der Waals surface area contributed by atoms with E-state index in [9.17, 15) is 18.0 Å². The first-order valence-electron chi connectivity index (χ1n) is 10.6. The number of nitrogens with zero attached hydrogens (tertiary/aromatic N) is 2. The van der Waals surface area contributed by atoms with Crippen molar-refractivity contribution in [3.05, 3.63) is 70.4 Å². The molecule has 3 N–H and O–H groups in total. The lowest BCUT2D eigenvalue weighted by Gasteiger charge is -2.14. The number of rotatable bonds is 11. The second-order valence-corrected chi connectivity index (χ2v) is 7.71. The fourth-order valence-electron chi connectivity index (χ4n) is 3.16. The number of aliphatic hydroxyl groups is 1. The number of halogens is 4. The molecule has 0 saturated heterocycles. The summed E-state index contributed by atoms with van der Waals surface area (Å²) in [4.78, 5) is 17.3. The van der Waals surface area contributed by atoms with Crippen molar-refractivity contribution in [1.82, 2.24) is 14.9 Å². The van der Waals surface area contributed by atoms with E-state index < -0.39 is 17.6 Å². The number of carbonyl (C=O) groups is 1. The van der Waals surface area contributed by atoms with Crippen molar-refractivity contribution in [1.29, 1.82) is 0 Å². The molecule has 1 aromatic heterocycles. The van der Waals surface area contributed by atoms with Crippen LogP contribution < -0.4 is 15.4 Å². The van der Waals surface area contributed by atoms with Gasteiger partial charge in [-0.15, -0.1) is 0 Å². The molecule has 8 nitrogen and oxygen atoms in total. The number of amides is 1. The Morgan fingerprint density at radius 2 is 1.91 bits per heavy atom. The minimum atomic E-state index is -4.54. The number of anilines is 1. The molecule has 0 atom stereocenters. The SMILES string of the molecule is CNc1nc(Oc2cccc(C(F)(F)F)c2)n(Cc2ccc(Cl)cc2)c1C(=O)NCCOCCO. The predicted octanol–water partition coefficient (Wildman–Crippen LogP) is 4.18. The van der Waals surface area contributed by atoms with Gasteiger partial charge in [0.1, 0.15) is 5.75 Å². The Balaban J connectivity index is 1.96. The van der Waals surface area contributed by atoms with E-state index in [2.05, 4.69) is 15.6 Å². The molecule has 3 aromatic rings. The summed E-state index contributed by atoms with van der Waals surface area (Å²) in [6.45, 7) is 0.477. The summed E-state index contributed by atoms with van der Waals surface area (Å²) in [5, 5.41) is 14.8. The highest BCUT2D eigenvalue weighted by molar-refractivity contribution is 6.30. The lowest BCUT2D eigenvalue weighted by atomic mass is 10.2. The first kappa shape index (κ1) is 26.3. The van der Waals surface area contributed by atoms with Gasteiger partial charge in [-0.3, -0.25) is 9.36 Å².